The molecule has 9 N–H and O–H groups in total. The number of hydrogen-bond donors (Lipinski definition) is 5. The van der Waals surface area contributed by atoms with Gasteiger partial charge in [-0.25, -0.2) is 0 Å². The van der Waals surface area contributed by atoms with Gasteiger partial charge in [0, 0.05) is 12.3 Å². The zero-order valence-corrected chi connectivity index (χ0v) is 7.46. The summed E-state index contributed by atoms with van der Waals surface area (Å²) in [4.78, 5) is 4.03. The van der Waals surface area contributed by atoms with E-state index in [1.807, 2.05) is 0 Å². The van der Waals surface area contributed by atoms with E-state index in [4.69, 9.17) is 22.9 Å². The van der Waals surface area contributed by atoms with Crippen molar-refractivity contribution in [3.8, 4) is 0 Å². The second kappa shape index (κ2) is 2.10. The molecule has 6 nitrogen and oxygen atoms in total. The van der Waals surface area contributed by atoms with E-state index in [1.165, 1.54) is 0 Å². The fraction of sp³-hybridized carbons (Fsp3) is 0.857. The lowest BCUT2D eigenvalue weighted by Gasteiger charge is -2.43. The first-order valence-corrected chi connectivity index (χ1v) is 4.24. The summed E-state index contributed by atoms with van der Waals surface area (Å²) in [6.45, 7) is 3.53. The molecule has 0 aromatic carbocycles. The predicted molar refractivity (Wildman–Crippen MR) is 50.4 cm³/mol. The first-order valence-electron chi connectivity index (χ1n) is 4.24. The highest BCUT2D eigenvalue weighted by atomic mass is 15.4. The van der Waals surface area contributed by atoms with Crippen LogP contribution in [0.3, 0.4) is 0 Å². The van der Waals surface area contributed by atoms with Crippen LogP contribution in [0, 0.1) is 5.92 Å². The molecule has 0 bridgehead atoms. The second-order valence-electron chi connectivity index (χ2n) is 4.29. The molecule has 2 atom stereocenters. The van der Waals surface area contributed by atoms with Gasteiger partial charge in [-0.3, -0.25) is 10.3 Å². The number of fused-ring (bicyclic) bond motifs is 1. The summed E-state index contributed by atoms with van der Waals surface area (Å²) in [6.07, 6.45) is 1.34. The summed E-state index contributed by atoms with van der Waals surface area (Å²) < 4.78 is 0. The van der Waals surface area contributed by atoms with Crippen LogP contribution in [0.15, 0.2) is 4.99 Å². The molecule has 2 fully saturated rings. The topological polar surface area (TPSA) is 128 Å². The summed E-state index contributed by atoms with van der Waals surface area (Å²) in [6, 6.07) is 0. The number of nitrogens with one attached hydrogen (secondary N) is 1. The van der Waals surface area contributed by atoms with Crippen molar-refractivity contribution in [2.24, 2.45) is 33.8 Å². The Balaban J connectivity index is 2.29. The lowest BCUT2D eigenvalue weighted by molar-refractivity contribution is 0.121. The van der Waals surface area contributed by atoms with Crippen LogP contribution < -0.4 is 28.3 Å². The molecule has 2 aliphatic rings. The molecule has 0 radical (unpaired) electrons. The number of hydrogen-bond acceptors (Lipinski definition) is 6. The van der Waals surface area contributed by atoms with Crippen molar-refractivity contribution >= 4 is 6.72 Å². The minimum atomic E-state index is -1.04. The maximum Gasteiger partial charge on any atom is 0.126 e. The number of nitrogens with zero attached hydrogens (tertiary/aromatic N) is 1. The highest BCUT2D eigenvalue weighted by Gasteiger charge is 2.67. The smallest absolute Gasteiger partial charge is 0.126 e. The van der Waals surface area contributed by atoms with Gasteiger partial charge >= 0.3 is 0 Å². The second-order valence-corrected chi connectivity index (χ2v) is 4.29. The minimum Gasteiger partial charge on any atom is -0.301 e. The van der Waals surface area contributed by atoms with Crippen LogP contribution in [0.5, 0.6) is 0 Å². The Hall–Kier alpha value is -0.530. The highest BCUT2D eigenvalue weighted by molar-refractivity contribution is 5.34. The van der Waals surface area contributed by atoms with Crippen molar-refractivity contribution in [1.82, 2.24) is 5.32 Å². The molecule has 6 heteroatoms. The highest BCUT2D eigenvalue weighted by Crippen LogP contribution is 2.56. The van der Waals surface area contributed by atoms with Crippen LogP contribution in [0.2, 0.25) is 0 Å². The average molecular weight is 184 g/mol. The molecule has 74 valence electrons. The van der Waals surface area contributed by atoms with Gasteiger partial charge in [-0.2, -0.15) is 0 Å². The Labute approximate surface area is 76.7 Å². The maximum absolute atomic E-state index is 5.82. The lowest BCUT2D eigenvalue weighted by Crippen LogP contribution is -2.79. The zero-order valence-electron chi connectivity index (χ0n) is 7.46. The first kappa shape index (κ1) is 9.04. The number of rotatable bonds is 1. The molecular formula is C7H16N6. The van der Waals surface area contributed by atoms with Crippen molar-refractivity contribution in [2.75, 3.05) is 0 Å². The number of piperidine rings is 1. The van der Waals surface area contributed by atoms with Crippen molar-refractivity contribution in [3.05, 3.63) is 0 Å². The van der Waals surface area contributed by atoms with E-state index >= 15 is 0 Å². The van der Waals surface area contributed by atoms with E-state index in [0.717, 1.165) is 6.42 Å². The van der Waals surface area contributed by atoms with Crippen molar-refractivity contribution in [1.29, 1.82) is 0 Å². The van der Waals surface area contributed by atoms with Gasteiger partial charge in [0.25, 0.3) is 0 Å². The van der Waals surface area contributed by atoms with E-state index in [9.17, 15) is 0 Å². The molecule has 0 aromatic rings. The van der Waals surface area contributed by atoms with E-state index in [2.05, 4.69) is 17.0 Å². The normalized spacial score (nSPS) is 45.1. The fourth-order valence-electron chi connectivity index (χ4n) is 2.37. The molecule has 1 aliphatic heterocycles. The number of aliphatic imine (C=N–C) groups is 1. The van der Waals surface area contributed by atoms with Crippen molar-refractivity contribution in [2.45, 2.75) is 30.0 Å². The third-order valence-corrected chi connectivity index (χ3v) is 2.99. The molecule has 0 amide bonds. The van der Waals surface area contributed by atoms with Crippen molar-refractivity contribution < 1.29 is 0 Å². The van der Waals surface area contributed by atoms with Crippen LogP contribution in [0.25, 0.3) is 0 Å². The zero-order chi connectivity index (χ0) is 9.91. The molecular weight excluding hydrogens is 168 g/mol. The van der Waals surface area contributed by atoms with E-state index in [1.54, 1.807) is 0 Å². The third-order valence-electron chi connectivity index (χ3n) is 2.99. The molecule has 1 heterocycles. The largest absolute Gasteiger partial charge is 0.301 e. The minimum absolute atomic E-state index is 0.0951. The Bertz CT molecular complexity index is 260. The molecule has 13 heavy (non-hydrogen) atoms. The van der Waals surface area contributed by atoms with Gasteiger partial charge in [-0.05, 0) is 13.1 Å². The Morgan fingerprint density at radius 1 is 1.31 bits per heavy atom. The Morgan fingerprint density at radius 2 is 1.92 bits per heavy atom. The molecule has 1 unspecified atom stereocenters. The van der Waals surface area contributed by atoms with Crippen LogP contribution >= 0.6 is 0 Å². The van der Waals surface area contributed by atoms with E-state index in [0.29, 0.717) is 6.42 Å². The molecule has 1 saturated heterocycles. The SMILES string of the molecule is C=NC12C[C@@H]1C(N)(N)NC(N)(N)C2. The van der Waals surface area contributed by atoms with Gasteiger partial charge in [0.2, 0.25) is 0 Å². The van der Waals surface area contributed by atoms with Crippen molar-refractivity contribution in [3.63, 3.8) is 0 Å². The first-order chi connectivity index (χ1) is 5.81. The monoisotopic (exact) mass is 184 g/mol. The van der Waals surface area contributed by atoms with Gasteiger partial charge in [0.05, 0.1) is 5.54 Å². The molecule has 1 aliphatic carbocycles. The van der Waals surface area contributed by atoms with Gasteiger partial charge in [0.1, 0.15) is 11.6 Å². The van der Waals surface area contributed by atoms with Crippen LogP contribution in [0.4, 0.5) is 0 Å². The summed E-state index contributed by atoms with van der Waals surface area (Å²) >= 11 is 0. The molecule has 1 saturated carbocycles. The third kappa shape index (κ3) is 1.18. The average Bonchev–Trinajstić information content (AvgIpc) is 2.60. The van der Waals surface area contributed by atoms with Gasteiger partial charge in [-0.1, -0.05) is 0 Å². The predicted octanol–water partition coefficient (Wildman–Crippen LogP) is -2.42. The molecule has 0 spiro atoms. The quantitative estimate of drug-likeness (QED) is 0.229. The van der Waals surface area contributed by atoms with E-state index in [-0.39, 0.29) is 11.5 Å². The van der Waals surface area contributed by atoms with Crippen LogP contribution in [-0.2, 0) is 0 Å². The lowest BCUT2D eigenvalue weighted by atomic mass is 9.96. The van der Waals surface area contributed by atoms with Crippen LogP contribution in [0.1, 0.15) is 12.8 Å². The maximum atomic E-state index is 5.82. The molecule has 0 aromatic heterocycles. The Morgan fingerprint density at radius 3 is 2.46 bits per heavy atom. The summed E-state index contributed by atoms with van der Waals surface area (Å²) in [5.74, 6) is -1.97. The standard InChI is InChI=1S/C7H16N6/c1-12-5-2-4(5)7(10,11)13-6(8,9)3-5/h4,13H,1-3,8-11H2/t4-,5?/m0/s1. The number of nitrogens with two attached hydrogens (primary N) is 4. The summed E-state index contributed by atoms with van der Waals surface area (Å²) in [5, 5.41) is 2.81. The Kier molecular flexibility index (Phi) is 1.46. The van der Waals surface area contributed by atoms with E-state index < -0.39 is 11.6 Å². The van der Waals surface area contributed by atoms with Gasteiger partial charge in [-0.15, -0.1) is 0 Å². The molecule has 2 rings (SSSR count). The van der Waals surface area contributed by atoms with Gasteiger partial charge in [0.15, 0.2) is 0 Å². The van der Waals surface area contributed by atoms with Crippen LogP contribution in [-0.4, -0.2) is 23.8 Å². The summed E-state index contributed by atoms with van der Waals surface area (Å²) in [5.41, 5.74) is 22.8. The van der Waals surface area contributed by atoms with Gasteiger partial charge < -0.3 is 22.9 Å². The summed E-state index contributed by atoms with van der Waals surface area (Å²) in [7, 11) is 0. The fourth-order valence-corrected chi connectivity index (χ4v) is 2.37.